The summed E-state index contributed by atoms with van der Waals surface area (Å²) in [5.74, 6) is 0.477. The number of piperazine rings is 1. The van der Waals surface area contributed by atoms with Crippen LogP contribution in [0.4, 0.5) is 5.69 Å². The van der Waals surface area contributed by atoms with Crippen molar-refractivity contribution in [3.8, 4) is 11.3 Å². The maximum absolute atomic E-state index is 12.6. The Morgan fingerprint density at radius 3 is 2.70 bits per heavy atom. The first-order valence-electron chi connectivity index (χ1n) is 9.08. The highest BCUT2D eigenvalue weighted by Gasteiger charge is 2.15. The van der Waals surface area contributed by atoms with Crippen molar-refractivity contribution in [2.45, 2.75) is 6.92 Å². The number of nitrogens with one attached hydrogen (secondary N) is 1. The van der Waals surface area contributed by atoms with E-state index >= 15 is 0 Å². The number of hydrogen-bond acceptors (Lipinski definition) is 6. The quantitative estimate of drug-likeness (QED) is 0.552. The van der Waals surface area contributed by atoms with Gasteiger partial charge >= 0.3 is 5.63 Å². The van der Waals surface area contributed by atoms with Gasteiger partial charge in [-0.3, -0.25) is 0 Å². The Labute approximate surface area is 155 Å². The molecule has 0 amide bonds. The lowest BCUT2D eigenvalue weighted by Crippen LogP contribution is -2.43. The topological polar surface area (TPSA) is 71.5 Å². The second-order valence-electron chi connectivity index (χ2n) is 6.85. The van der Waals surface area contributed by atoms with E-state index in [0.717, 1.165) is 48.5 Å². The van der Waals surface area contributed by atoms with Gasteiger partial charge in [-0.2, -0.15) is 0 Å². The normalized spacial score (nSPS) is 14.9. The Morgan fingerprint density at radius 1 is 1.00 bits per heavy atom. The molecule has 1 aliphatic rings. The minimum Gasteiger partial charge on any atom is -0.454 e. The lowest BCUT2D eigenvalue weighted by atomic mass is 10.1. The van der Waals surface area contributed by atoms with Crippen molar-refractivity contribution < 1.29 is 8.83 Å². The van der Waals surface area contributed by atoms with Gasteiger partial charge in [0.15, 0.2) is 5.58 Å². The molecule has 0 aliphatic carbocycles. The van der Waals surface area contributed by atoms with Crippen molar-refractivity contribution in [3.63, 3.8) is 0 Å². The number of fused-ring (bicyclic) bond motifs is 2. The van der Waals surface area contributed by atoms with Crippen molar-refractivity contribution in [1.82, 2.24) is 10.3 Å². The predicted octanol–water partition coefficient (Wildman–Crippen LogP) is 3.32. The second kappa shape index (κ2) is 6.25. The minimum absolute atomic E-state index is 0.407. The van der Waals surface area contributed by atoms with E-state index in [1.807, 2.05) is 37.3 Å². The first-order valence-corrected chi connectivity index (χ1v) is 9.08. The first-order chi connectivity index (χ1) is 13.2. The van der Waals surface area contributed by atoms with Crippen molar-refractivity contribution in [3.05, 3.63) is 58.6 Å². The molecule has 5 rings (SSSR count). The molecule has 1 aromatic carbocycles. The van der Waals surface area contributed by atoms with Crippen LogP contribution in [0.1, 0.15) is 5.69 Å². The summed E-state index contributed by atoms with van der Waals surface area (Å²) < 4.78 is 11.4. The molecule has 4 heterocycles. The average molecular weight is 361 g/mol. The molecule has 6 heteroatoms. The monoisotopic (exact) mass is 361 g/mol. The number of furan rings is 1. The number of benzene rings is 1. The van der Waals surface area contributed by atoms with Crippen LogP contribution in [0.15, 0.2) is 56.1 Å². The lowest BCUT2D eigenvalue weighted by Gasteiger charge is -2.29. The number of aryl methyl sites for hydroxylation is 1. The average Bonchev–Trinajstić information content (AvgIpc) is 3.10. The summed E-state index contributed by atoms with van der Waals surface area (Å²) in [6.45, 7) is 5.73. The summed E-state index contributed by atoms with van der Waals surface area (Å²) in [4.78, 5) is 19.3. The van der Waals surface area contributed by atoms with Crippen LogP contribution < -0.4 is 15.8 Å². The fraction of sp³-hybridized carbons (Fsp3) is 0.238. The van der Waals surface area contributed by atoms with E-state index in [4.69, 9.17) is 8.83 Å². The van der Waals surface area contributed by atoms with Crippen molar-refractivity contribution in [2.75, 3.05) is 31.1 Å². The van der Waals surface area contributed by atoms with Crippen LogP contribution in [-0.4, -0.2) is 31.2 Å². The van der Waals surface area contributed by atoms with Gasteiger partial charge in [-0.05, 0) is 37.3 Å². The van der Waals surface area contributed by atoms with Crippen molar-refractivity contribution in [2.24, 2.45) is 0 Å². The summed E-state index contributed by atoms with van der Waals surface area (Å²) in [7, 11) is 0. The van der Waals surface area contributed by atoms with Gasteiger partial charge in [-0.25, -0.2) is 9.78 Å². The number of anilines is 1. The summed E-state index contributed by atoms with van der Waals surface area (Å²) in [5, 5.41) is 4.21. The van der Waals surface area contributed by atoms with Gasteiger partial charge in [-0.1, -0.05) is 0 Å². The van der Waals surface area contributed by atoms with E-state index in [1.54, 1.807) is 6.07 Å². The zero-order valence-electron chi connectivity index (χ0n) is 15.0. The highest BCUT2D eigenvalue weighted by atomic mass is 16.4. The SMILES string of the molecule is Cc1ccc2oc(-c3cc4ccc(N5CCNCC5)cc4oc3=O)cc2n1. The molecule has 0 unspecified atom stereocenters. The zero-order valence-corrected chi connectivity index (χ0v) is 15.0. The van der Waals surface area contributed by atoms with Crippen LogP contribution in [0, 0.1) is 6.92 Å². The van der Waals surface area contributed by atoms with E-state index in [9.17, 15) is 4.79 Å². The molecule has 136 valence electrons. The molecule has 0 spiro atoms. The van der Waals surface area contributed by atoms with E-state index in [0.29, 0.717) is 22.5 Å². The van der Waals surface area contributed by atoms with E-state index in [2.05, 4.69) is 21.3 Å². The minimum atomic E-state index is -0.407. The number of hydrogen-bond donors (Lipinski definition) is 1. The predicted molar refractivity (Wildman–Crippen MR) is 105 cm³/mol. The Bertz CT molecular complexity index is 1200. The Morgan fingerprint density at radius 2 is 1.85 bits per heavy atom. The number of rotatable bonds is 2. The summed E-state index contributed by atoms with van der Waals surface area (Å²) in [6.07, 6.45) is 0. The smallest absolute Gasteiger partial charge is 0.347 e. The molecule has 0 saturated carbocycles. The van der Waals surface area contributed by atoms with Gasteiger partial charge in [0.05, 0.1) is 0 Å². The number of aromatic nitrogens is 1. The third-order valence-corrected chi connectivity index (χ3v) is 4.98. The maximum Gasteiger partial charge on any atom is 0.347 e. The summed E-state index contributed by atoms with van der Waals surface area (Å²) >= 11 is 0. The Hall–Kier alpha value is -3.12. The summed E-state index contributed by atoms with van der Waals surface area (Å²) in [6, 6.07) is 13.4. The highest BCUT2D eigenvalue weighted by molar-refractivity contribution is 5.86. The van der Waals surface area contributed by atoms with Gasteiger partial charge in [0.25, 0.3) is 0 Å². The van der Waals surface area contributed by atoms with Gasteiger partial charge in [0.1, 0.15) is 22.4 Å². The molecule has 6 nitrogen and oxygen atoms in total. The van der Waals surface area contributed by atoms with Crippen molar-refractivity contribution in [1.29, 1.82) is 0 Å². The molecule has 0 radical (unpaired) electrons. The van der Waals surface area contributed by atoms with Crippen LogP contribution in [0.2, 0.25) is 0 Å². The Kier molecular flexibility index (Phi) is 3.72. The molecule has 4 aromatic rings. The van der Waals surface area contributed by atoms with Gasteiger partial charge < -0.3 is 19.1 Å². The highest BCUT2D eigenvalue weighted by Crippen LogP contribution is 2.28. The summed E-state index contributed by atoms with van der Waals surface area (Å²) in [5.41, 5.74) is 3.96. The molecular weight excluding hydrogens is 342 g/mol. The van der Waals surface area contributed by atoms with Crippen LogP contribution in [0.3, 0.4) is 0 Å². The Balaban J connectivity index is 1.58. The standard InChI is InChI=1S/C21H19N3O3/c1-13-2-5-18-17(23-13)12-20(26-18)16-10-14-3-4-15(11-19(14)27-21(16)25)24-8-6-22-7-9-24/h2-5,10-12,22H,6-9H2,1H3. The fourth-order valence-corrected chi connectivity index (χ4v) is 3.55. The molecular formula is C21H19N3O3. The third kappa shape index (κ3) is 2.88. The molecule has 1 saturated heterocycles. The fourth-order valence-electron chi connectivity index (χ4n) is 3.55. The van der Waals surface area contributed by atoms with Crippen LogP contribution in [-0.2, 0) is 0 Å². The van der Waals surface area contributed by atoms with Crippen LogP contribution >= 0.6 is 0 Å². The van der Waals surface area contributed by atoms with Crippen LogP contribution in [0.5, 0.6) is 0 Å². The lowest BCUT2D eigenvalue weighted by molar-refractivity contribution is 0.554. The van der Waals surface area contributed by atoms with E-state index in [-0.39, 0.29) is 0 Å². The molecule has 1 fully saturated rings. The number of nitrogens with zero attached hydrogens (tertiary/aromatic N) is 2. The molecule has 1 N–H and O–H groups in total. The molecule has 1 aliphatic heterocycles. The van der Waals surface area contributed by atoms with Gasteiger partial charge in [0.2, 0.25) is 0 Å². The van der Waals surface area contributed by atoms with E-state index < -0.39 is 5.63 Å². The zero-order chi connectivity index (χ0) is 18.4. The third-order valence-electron chi connectivity index (χ3n) is 4.98. The molecule has 27 heavy (non-hydrogen) atoms. The molecule has 0 bridgehead atoms. The number of pyridine rings is 1. The van der Waals surface area contributed by atoms with Crippen LogP contribution in [0.25, 0.3) is 33.4 Å². The van der Waals surface area contributed by atoms with E-state index in [1.165, 1.54) is 0 Å². The first kappa shape index (κ1) is 16.1. The van der Waals surface area contributed by atoms with Gasteiger partial charge in [-0.15, -0.1) is 0 Å². The molecule has 0 atom stereocenters. The maximum atomic E-state index is 12.6. The van der Waals surface area contributed by atoms with Crippen molar-refractivity contribution >= 4 is 27.8 Å². The second-order valence-corrected chi connectivity index (χ2v) is 6.85. The largest absolute Gasteiger partial charge is 0.454 e. The molecule has 3 aromatic heterocycles. The van der Waals surface area contributed by atoms with Gasteiger partial charge in [0, 0.05) is 55.1 Å².